The molecule has 4 heterocycles. The summed E-state index contributed by atoms with van der Waals surface area (Å²) in [7, 11) is 7.77. The van der Waals surface area contributed by atoms with E-state index in [9.17, 15) is 0 Å². The Morgan fingerprint density at radius 2 is 1.35 bits per heavy atom. The fraction of sp³-hybridized carbons (Fsp3) is 0.333. The van der Waals surface area contributed by atoms with Gasteiger partial charge in [-0.05, 0) is 0 Å². The standard InChI is InChI=1S/C12H12N6S4Se4/c1-17-9(5(19)3-7-11(17)13-23-21-7)15-25-26-16-10-6(20)4-8-12(18(10)2)14-24-22-8/h3-4,9-10,15-16H,1-2H3. The molecule has 0 aliphatic carbocycles. The number of hydrogen-bond donors (Lipinski definition) is 2. The van der Waals surface area contributed by atoms with Gasteiger partial charge in [-0.1, -0.05) is 0 Å². The Balaban J connectivity index is 1.32. The van der Waals surface area contributed by atoms with Gasteiger partial charge in [0.15, 0.2) is 0 Å². The second-order valence-corrected chi connectivity index (χ2v) is 17.9. The topological polar surface area (TPSA) is 55.3 Å². The first-order valence-electron chi connectivity index (χ1n) is 7.20. The first-order valence-corrected chi connectivity index (χ1v) is 21.3. The van der Waals surface area contributed by atoms with Gasteiger partial charge in [0, 0.05) is 0 Å². The average molecular weight is 684 g/mol. The van der Waals surface area contributed by atoms with Crippen LogP contribution in [0.2, 0.25) is 0 Å². The molecule has 0 radical (unpaired) electrons. The molecule has 0 spiro atoms. The number of fused-ring (bicyclic) bond motifs is 2. The third-order valence-corrected chi connectivity index (χ3v) is 15.2. The van der Waals surface area contributed by atoms with Crippen LogP contribution < -0.4 is 8.67 Å². The quantitative estimate of drug-likeness (QED) is 0.234. The molecule has 2 atom stereocenters. The van der Waals surface area contributed by atoms with E-state index in [0.717, 1.165) is 21.4 Å². The molecule has 4 rings (SSSR count). The average Bonchev–Trinajstić information content (AvgIpc) is 3.25. The Morgan fingerprint density at radius 1 is 0.923 bits per heavy atom. The van der Waals surface area contributed by atoms with Crippen molar-refractivity contribution in [2.45, 2.75) is 12.3 Å². The summed E-state index contributed by atoms with van der Waals surface area (Å²) in [6, 6.07) is 0. The number of amidine groups is 2. The number of likely N-dealkylation sites (N-methyl/N-ethyl adjacent to an activating group) is 2. The van der Waals surface area contributed by atoms with Gasteiger partial charge < -0.3 is 0 Å². The van der Waals surface area contributed by atoms with Crippen LogP contribution in [0.3, 0.4) is 0 Å². The summed E-state index contributed by atoms with van der Waals surface area (Å²) < 4.78 is 16.5. The molecule has 138 valence electrons. The van der Waals surface area contributed by atoms with Crippen LogP contribution >= 0.6 is 44.8 Å². The van der Waals surface area contributed by atoms with Gasteiger partial charge in [0.1, 0.15) is 0 Å². The van der Waals surface area contributed by atoms with Crippen molar-refractivity contribution < 1.29 is 0 Å². The Morgan fingerprint density at radius 3 is 1.77 bits per heavy atom. The van der Waals surface area contributed by atoms with E-state index in [1.54, 1.807) is 0 Å². The maximum atomic E-state index is 5.59. The molecule has 0 amide bonds. The molecule has 4 aliphatic rings. The first-order chi connectivity index (χ1) is 12.6. The molecular formula is C12H12N6S4Se4. The Bertz CT molecular complexity index is 720. The van der Waals surface area contributed by atoms with Gasteiger partial charge >= 0.3 is 196 Å². The number of rotatable bonds is 5. The second kappa shape index (κ2) is 8.98. The van der Waals surface area contributed by atoms with Crippen LogP contribution in [0.1, 0.15) is 0 Å². The van der Waals surface area contributed by atoms with E-state index in [4.69, 9.17) is 24.4 Å². The summed E-state index contributed by atoms with van der Waals surface area (Å²) in [5.41, 5.74) is 0. The van der Waals surface area contributed by atoms with Crippen molar-refractivity contribution in [2.75, 3.05) is 14.1 Å². The Kier molecular flexibility index (Phi) is 7.10. The Labute approximate surface area is 193 Å². The summed E-state index contributed by atoms with van der Waals surface area (Å²) in [6.45, 7) is 0. The zero-order chi connectivity index (χ0) is 18.3. The monoisotopic (exact) mass is 688 g/mol. The molecule has 0 aromatic carbocycles. The molecule has 4 aliphatic heterocycles. The van der Waals surface area contributed by atoms with Crippen LogP contribution in [0.4, 0.5) is 0 Å². The zero-order valence-electron chi connectivity index (χ0n) is 13.4. The molecule has 0 saturated heterocycles. The fourth-order valence-electron chi connectivity index (χ4n) is 2.46. The van der Waals surface area contributed by atoms with Gasteiger partial charge in [-0.15, -0.1) is 0 Å². The first kappa shape index (κ1) is 20.6. The summed E-state index contributed by atoms with van der Waals surface area (Å²) in [4.78, 5) is 8.69. The van der Waals surface area contributed by atoms with E-state index >= 15 is 0 Å². The summed E-state index contributed by atoms with van der Waals surface area (Å²) in [5.74, 6) is 2.17. The van der Waals surface area contributed by atoms with Crippen LogP contribution in [0, 0.1) is 0 Å². The van der Waals surface area contributed by atoms with Crippen LogP contribution in [0.25, 0.3) is 0 Å². The van der Waals surface area contributed by atoms with Crippen molar-refractivity contribution in [2.24, 2.45) is 8.02 Å². The number of nitrogens with one attached hydrogen (secondary N) is 2. The van der Waals surface area contributed by atoms with E-state index in [-0.39, 0.29) is 67.1 Å². The van der Waals surface area contributed by atoms with Crippen molar-refractivity contribution in [3.63, 3.8) is 0 Å². The molecular weight excluding hydrogens is 672 g/mol. The molecule has 0 saturated carbocycles. The van der Waals surface area contributed by atoms with Crippen molar-refractivity contribution >= 4 is 121 Å². The second-order valence-electron chi connectivity index (χ2n) is 5.40. The molecule has 0 fully saturated rings. The van der Waals surface area contributed by atoms with E-state index in [0.29, 0.717) is 0 Å². The molecule has 26 heavy (non-hydrogen) atoms. The molecule has 2 unspecified atom stereocenters. The van der Waals surface area contributed by atoms with Gasteiger partial charge in [0.25, 0.3) is 0 Å². The van der Waals surface area contributed by atoms with Gasteiger partial charge in [0.05, 0.1) is 0 Å². The van der Waals surface area contributed by atoms with Crippen molar-refractivity contribution in [1.29, 1.82) is 0 Å². The van der Waals surface area contributed by atoms with E-state index < -0.39 is 0 Å². The molecule has 6 nitrogen and oxygen atoms in total. The molecule has 0 aromatic rings. The van der Waals surface area contributed by atoms with Gasteiger partial charge in [-0.25, -0.2) is 0 Å². The number of thiocarbonyl (C=S) groups is 2. The maximum absolute atomic E-state index is 5.59. The molecule has 2 N–H and O–H groups in total. The molecule has 0 bridgehead atoms. The predicted molar refractivity (Wildman–Crippen MR) is 124 cm³/mol. The van der Waals surface area contributed by atoms with Crippen LogP contribution in [-0.4, -0.2) is 112 Å². The Hall–Kier alpha value is 1.30. The summed E-state index contributed by atoms with van der Waals surface area (Å²) in [6.07, 6.45) is 4.34. The van der Waals surface area contributed by atoms with Gasteiger partial charge in [-0.2, -0.15) is 0 Å². The van der Waals surface area contributed by atoms with Crippen LogP contribution in [-0.2, 0) is 0 Å². The summed E-state index contributed by atoms with van der Waals surface area (Å²) in [5, 5.41) is 0. The fourth-order valence-corrected chi connectivity index (χ4v) is 14.8. The predicted octanol–water partition coefficient (Wildman–Crippen LogP) is -0.271. The van der Waals surface area contributed by atoms with Crippen molar-refractivity contribution in [3.05, 3.63) is 22.0 Å². The van der Waals surface area contributed by atoms with E-state index in [2.05, 4.69) is 52.7 Å². The van der Waals surface area contributed by atoms with E-state index in [1.807, 2.05) is 20.4 Å². The van der Waals surface area contributed by atoms with Gasteiger partial charge in [0.2, 0.25) is 0 Å². The SMILES string of the molecule is CN1C2=N[Se]SC2=CC(=S)C1N[Se][Se]NC1C(=S)C=C2S[Se]N=C2N1C. The normalized spacial score (nSPS) is 27.8. The number of hydrogen-bond acceptors (Lipinski definition) is 10. The molecule has 0 aromatic heterocycles. The minimum absolute atomic E-state index is 0.0616. The van der Waals surface area contributed by atoms with E-state index in [1.165, 1.54) is 9.81 Å². The zero-order valence-corrected chi connectivity index (χ0v) is 23.5. The third kappa shape index (κ3) is 4.11. The third-order valence-electron chi connectivity index (χ3n) is 3.83. The van der Waals surface area contributed by atoms with Crippen LogP contribution in [0.5, 0.6) is 0 Å². The van der Waals surface area contributed by atoms with Gasteiger partial charge in [-0.3, -0.25) is 0 Å². The summed E-state index contributed by atoms with van der Waals surface area (Å²) >= 11 is 12.2. The number of nitrogens with zero attached hydrogens (tertiary/aromatic N) is 4. The van der Waals surface area contributed by atoms with Crippen molar-refractivity contribution in [1.82, 2.24) is 18.5 Å². The van der Waals surface area contributed by atoms with Crippen molar-refractivity contribution in [3.8, 4) is 0 Å². The minimum atomic E-state index is 0.0616. The molecule has 14 heteroatoms. The van der Waals surface area contributed by atoms with Crippen LogP contribution in [0.15, 0.2) is 30.0 Å².